The summed E-state index contributed by atoms with van der Waals surface area (Å²) in [5.41, 5.74) is 1.51. The average Bonchev–Trinajstić information content (AvgIpc) is 3.38. The van der Waals surface area contributed by atoms with Crippen molar-refractivity contribution in [2.45, 2.75) is 39.2 Å². The summed E-state index contributed by atoms with van der Waals surface area (Å²) in [6, 6.07) is 7.63. The van der Waals surface area contributed by atoms with Crippen molar-refractivity contribution in [3.05, 3.63) is 46.7 Å². The number of hydrogen-bond acceptors (Lipinski definition) is 5. The van der Waals surface area contributed by atoms with Crippen LogP contribution < -0.4 is 0 Å². The van der Waals surface area contributed by atoms with E-state index in [0.717, 1.165) is 34.4 Å². The highest BCUT2D eigenvalue weighted by molar-refractivity contribution is 7.91. The van der Waals surface area contributed by atoms with Gasteiger partial charge in [0.15, 0.2) is 9.84 Å². The Morgan fingerprint density at radius 3 is 2.70 bits per heavy atom. The lowest BCUT2D eigenvalue weighted by Gasteiger charge is -2.27. The van der Waals surface area contributed by atoms with Crippen LogP contribution in [0.2, 0.25) is 0 Å². The first-order valence-corrected chi connectivity index (χ1v) is 12.7. The van der Waals surface area contributed by atoms with Gasteiger partial charge >= 0.3 is 0 Å². The van der Waals surface area contributed by atoms with E-state index < -0.39 is 9.84 Å². The number of halogens is 1. The quantitative estimate of drug-likeness (QED) is 0.571. The molecule has 160 valence electrons. The highest BCUT2D eigenvalue weighted by Crippen LogP contribution is 2.32. The van der Waals surface area contributed by atoms with E-state index in [-0.39, 0.29) is 29.3 Å². The van der Waals surface area contributed by atoms with Crippen molar-refractivity contribution in [2.75, 3.05) is 18.1 Å². The predicted octanol–water partition coefficient (Wildman–Crippen LogP) is 3.96. The van der Waals surface area contributed by atoms with Crippen LogP contribution in [0.25, 0.3) is 15.9 Å². The first-order valence-electron chi connectivity index (χ1n) is 10.1. The summed E-state index contributed by atoms with van der Waals surface area (Å²) in [5.74, 6) is -0.273. The molecule has 1 aliphatic heterocycles. The van der Waals surface area contributed by atoms with Gasteiger partial charge in [-0.15, -0.1) is 11.3 Å². The predicted molar refractivity (Wildman–Crippen MR) is 117 cm³/mol. The highest BCUT2D eigenvalue weighted by Gasteiger charge is 2.35. The molecule has 0 N–H and O–H groups in total. The highest BCUT2D eigenvalue weighted by atomic mass is 32.2. The molecule has 1 saturated heterocycles. The van der Waals surface area contributed by atoms with Gasteiger partial charge in [0.25, 0.3) is 5.91 Å². The Bertz CT molecular complexity index is 1180. The minimum atomic E-state index is -3.08. The lowest BCUT2D eigenvalue weighted by Crippen LogP contribution is -2.41. The summed E-state index contributed by atoms with van der Waals surface area (Å²) < 4.78 is 39.0. The second-order valence-electron chi connectivity index (χ2n) is 7.71. The first-order chi connectivity index (χ1) is 14.3. The van der Waals surface area contributed by atoms with Gasteiger partial charge < -0.3 is 4.90 Å². The maximum Gasteiger partial charge on any atom is 0.264 e. The third-order valence-electron chi connectivity index (χ3n) is 5.49. The van der Waals surface area contributed by atoms with Gasteiger partial charge in [0.1, 0.15) is 10.6 Å². The number of thiophene rings is 1. The largest absolute Gasteiger partial charge is 0.334 e. The van der Waals surface area contributed by atoms with Gasteiger partial charge in [-0.1, -0.05) is 13.3 Å². The first kappa shape index (κ1) is 21.0. The summed E-state index contributed by atoms with van der Waals surface area (Å²) in [4.78, 5) is 16.5. The summed E-state index contributed by atoms with van der Waals surface area (Å²) in [5, 5.41) is 5.42. The van der Waals surface area contributed by atoms with Crippen molar-refractivity contribution in [1.82, 2.24) is 14.7 Å². The number of rotatable bonds is 6. The van der Waals surface area contributed by atoms with Crippen LogP contribution in [-0.2, 0) is 9.84 Å². The van der Waals surface area contributed by atoms with Crippen LogP contribution in [-0.4, -0.2) is 53.1 Å². The lowest BCUT2D eigenvalue weighted by molar-refractivity contribution is 0.0699. The zero-order chi connectivity index (χ0) is 21.5. The number of aryl methyl sites for hydroxylation is 1. The fourth-order valence-corrected chi connectivity index (χ4v) is 6.72. The fourth-order valence-electron chi connectivity index (χ4n) is 3.85. The molecule has 1 unspecified atom stereocenters. The summed E-state index contributed by atoms with van der Waals surface area (Å²) in [6.45, 7) is 4.47. The molecule has 6 nitrogen and oxygen atoms in total. The number of sulfone groups is 1. The number of nitrogens with zero attached hydrogens (tertiary/aromatic N) is 3. The average molecular weight is 450 g/mol. The molecule has 0 spiro atoms. The number of aromatic nitrogens is 2. The minimum absolute atomic E-state index is 0.0374. The van der Waals surface area contributed by atoms with Crippen LogP contribution in [0.15, 0.2) is 30.3 Å². The molecule has 4 rings (SSSR count). The smallest absolute Gasteiger partial charge is 0.264 e. The van der Waals surface area contributed by atoms with E-state index in [1.54, 1.807) is 21.7 Å². The molecule has 30 heavy (non-hydrogen) atoms. The van der Waals surface area contributed by atoms with E-state index >= 15 is 0 Å². The van der Waals surface area contributed by atoms with Crippen LogP contribution in [0.1, 0.15) is 41.6 Å². The SMILES string of the molecule is CCCCN(C(=O)c1cc2c(C)nn(-c3ccc(F)cc3)c2s1)C1CCS(=O)(=O)C1. The fraction of sp³-hybridized carbons (Fsp3) is 0.429. The van der Waals surface area contributed by atoms with E-state index in [1.807, 2.05) is 19.9 Å². The second kappa shape index (κ2) is 8.11. The summed E-state index contributed by atoms with van der Waals surface area (Å²) in [7, 11) is -3.08. The molecule has 1 aromatic carbocycles. The van der Waals surface area contributed by atoms with Gasteiger partial charge in [0, 0.05) is 18.0 Å². The standard InChI is InChI=1S/C21H24FN3O3S2/c1-3-4-10-24(17-9-11-30(27,28)13-17)20(26)19-12-18-14(2)23-25(21(18)29-19)16-7-5-15(22)6-8-16/h5-8,12,17H,3-4,9-11,13H2,1-2H3. The number of carbonyl (C=O) groups excluding carboxylic acids is 1. The Morgan fingerprint density at radius 2 is 2.07 bits per heavy atom. The third-order valence-corrected chi connectivity index (χ3v) is 8.34. The molecule has 2 aromatic heterocycles. The molecule has 1 amide bonds. The zero-order valence-corrected chi connectivity index (χ0v) is 18.6. The molecule has 0 saturated carbocycles. The Hall–Kier alpha value is -2.26. The van der Waals surface area contributed by atoms with Crippen molar-refractivity contribution in [3.63, 3.8) is 0 Å². The van der Waals surface area contributed by atoms with Gasteiger partial charge in [-0.05, 0) is 50.1 Å². The molecule has 0 bridgehead atoms. The van der Waals surface area contributed by atoms with Crippen LogP contribution in [0.3, 0.4) is 0 Å². The van der Waals surface area contributed by atoms with Crippen LogP contribution in [0.4, 0.5) is 4.39 Å². The normalized spacial score (nSPS) is 18.2. The zero-order valence-electron chi connectivity index (χ0n) is 17.0. The van der Waals surface area contributed by atoms with E-state index in [0.29, 0.717) is 17.8 Å². The molecule has 1 aliphatic rings. The van der Waals surface area contributed by atoms with Crippen LogP contribution >= 0.6 is 11.3 Å². The van der Waals surface area contributed by atoms with Crippen molar-refractivity contribution in [2.24, 2.45) is 0 Å². The number of carbonyl (C=O) groups is 1. The van der Waals surface area contributed by atoms with Crippen molar-refractivity contribution >= 4 is 37.3 Å². The molecule has 0 aliphatic carbocycles. The Kier molecular flexibility index (Phi) is 5.67. The van der Waals surface area contributed by atoms with Gasteiger partial charge in [-0.3, -0.25) is 4.79 Å². The van der Waals surface area contributed by atoms with Crippen molar-refractivity contribution in [1.29, 1.82) is 0 Å². The van der Waals surface area contributed by atoms with Gasteiger partial charge in [0.05, 0.1) is 27.8 Å². The number of unbranched alkanes of at least 4 members (excludes halogenated alkanes) is 1. The molecule has 9 heteroatoms. The number of hydrogen-bond donors (Lipinski definition) is 0. The Balaban J connectivity index is 1.69. The van der Waals surface area contributed by atoms with Crippen molar-refractivity contribution < 1.29 is 17.6 Å². The summed E-state index contributed by atoms with van der Waals surface area (Å²) in [6.07, 6.45) is 2.24. The van der Waals surface area contributed by atoms with Crippen LogP contribution in [0.5, 0.6) is 0 Å². The monoisotopic (exact) mass is 449 g/mol. The van der Waals surface area contributed by atoms with Crippen molar-refractivity contribution in [3.8, 4) is 5.69 Å². The van der Waals surface area contributed by atoms with Gasteiger partial charge in [-0.2, -0.15) is 5.10 Å². The molecule has 3 heterocycles. The summed E-state index contributed by atoms with van der Waals surface area (Å²) >= 11 is 1.34. The number of benzene rings is 1. The topological polar surface area (TPSA) is 72.3 Å². The Morgan fingerprint density at radius 1 is 1.33 bits per heavy atom. The van der Waals surface area contributed by atoms with E-state index in [9.17, 15) is 17.6 Å². The Labute approximate surface area is 179 Å². The molecule has 3 aromatic rings. The molecular weight excluding hydrogens is 425 g/mol. The van der Waals surface area contributed by atoms with E-state index in [4.69, 9.17) is 0 Å². The molecule has 1 fully saturated rings. The second-order valence-corrected chi connectivity index (χ2v) is 11.0. The van der Waals surface area contributed by atoms with E-state index in [2.05, 4.69) is 5.10 Å². The lowest BCUT2D eigenvalue weighted by atomic mass is 10.2. The molecule has 1 atom stereocenters. The van der Waals surface area contributed by atoms with Gasteiger partial charge in [-0.25, -0.2) is 17.5 Å². The van der Waals surface area contributed by atoms with Crippen LogP contribution in [0, 0.1) is 12.7 Å². The third kappa shape index (κ3) is 4.00. The van der Waals surface area contributed by atoms with E-state index in [1.165, 1.54) is 23.5 Å². The molecule has 0 radical (unpaired) electrons. The molecular formula is C21H24FN3O3S2. The maximum atomic E-state index is 13.4. The maximum absolute atomic E-state index is 13.4. The number of fused-ring (bicyclic) bond motifs is 1. The number of amides is 1. The minimum Gasteiger partial charge on any atom is -0.334 e. The van der Waals surface area contributed by atoms with Gasteiger partial charge in [0.2, 0.25) is 0 Å².